The van der Waals surface area contributed by atoms with Gasteiger partial charge in [-0.1, -0.05) is 35.9 Å². The third-order valence-corrected chi connectivity index (χ3v) is 3.36. The summed E-state index contributed by atoms with van der Waals surface area (Å²) in [5.74, 6) is -0.941. The van der Waals surface area contributed by atoms with Gasteiger partial charge in [-0.15, -0.1) is 0 Å². The lowest BCUT2D eigenvalue weighted by molar-refractivity contribution is 0.0786. The largest absolute Gasteiger partial charge is 0.396 e. The van der Waals surface area contributed by atoms with Crippen molar-refractivity contribution in [2.45, 2.75) is 6.54 Å². The molecule has 0 aliphatic carbocycles. The summed E-state index contributed by atoms with van der Waals surface area (Å²) in [5.41, 5.74) is 6.43. The van der Waals surface area contributed by atoms with Gasteiger partial charge in [0.15, 0.2) is 0 Å². The highest BCUT2D eigenvalue weighted by atomic mass is 35.5. The van der Waals surface area contributed by atoms with Crippen LogP contribution in [0.1, 0.15) is 15.9 Å². The monoisotopic (exact) mass is 292 g/mol. The van der Waals surface area contributed by atoms with Crippen LogP contribution < -0.4 is 5.73 Å². The Morgan fingerprint density at radius 3 is 2.65 bits per heavy atom. The first-order valence-corrected chi connectivity index (χ1v) is 6.41. The van der Waals surface area contributed by atoms with Crippen molar-refractivity contribution in [1.29, 1.82) is 0 Å². The van der Waals surface area contributed by atoms with Gasteiger partial charge in [-0.3, -0.25) is 4.79 Å². The average molecular weight is 293 g/mol. The highest BCUT2D eigenvalue weighted by Gasteiger charge is 2.17. The summed E-state index contributed by atoms with van der Waals surface area (Å²) < 4.78 is 13.4. The Kier molecular flexibility index (Phi) is 4.25. The Bertz CT molecular complexity index is 646. The zero-order valence-corrected chi connectivity index (χ0v) is 11.7. The molecule has 0 spiro atoms. The average Bonchev–Trinajstić information content (AvgIpc) is 2.43. The van der Waals surface area contributed by atoms with Gasteiger partial charge in [-0.2, -0.15) is 0 Å². The van der Waals surface area contributed by atoms with Gasteiger partial charge in [0.05, 0.1) is 11.3 Å². The summed E-state index contributed by atoms with van der Waals surface area (Å²) in [6, 6.07) is 11.4. The predicted molar refractivity (Wildman–Crippen MR) is 78.1 cm³/mol. The maximum Gasteiger partial charge on any atom is 0.256 e. The molecule has 2 N–H and O–H groups in total. The minimum atomic E-state index is -0.595. The molecule has 0 aliphatic heterocycles. The molecule has 5 heteroatoms. The molecule has 2 aromatic carbocycles. The van der Waals surface area contributed by atoms with E-state index in [0.717, 1.165) is 5.56 Å². The van der Waals surface area contributed by atoms with E-state index >= 15 is 0 Å². The third kappa shape index (κ3) is 2.91. The van der Waals surface area contributed by atoms with Gasteiger partial charge in [-0.25, -0.2) is 4.39 Å². The van der Waals surface area contributed by atoms with E-state index in [2.05, 4.69) is 0 Å². The summed E-state index contributed by atoms with van der Waals surface area (Å²) in [6.45, 7) is 0.328. The lowest BCUT2D eigenvalue weighted by Crippen LogP contribution is -2.27. The number of nitrogens with zero attached hydrogens (tertiary/aromatic N) is 1. The Morgan fingerprint density at radius 1 is 1.25 bits per heavy atom. The van der Waals surface area contributed by atoms with Crippen LogP contribution in [-0.2, 0) is 6.54 Å². The van der Waals surface area contributed by atoms with Crippen molar-refractivity contribution < 1.29 is 9.18 Å². The van der Waals surface area contributed by atoms with Crippen molar-refractivity contribution >= 4 is 23.2 Å². The minimum Gasteiger partial charge on any atom is -0.396 e. The number of para-hydroxylation sites is 1. The van der Waals surface area contributed by atoms with Crippen molar-refractivity contribution in [2.24, 2.45) is 0 Å². The molecule has 0 atom stereocenters. The number of anilines is 1. The van der Waals surface area contributed by atoms with E-state index in [0.29, 0.717) is 11.6 Å². The molecular weight excluding hydrogens is 279 g/mol. The first-order chi connectivity index (χ1) is 9.50. The fraction of sp³-hybridized carbons (Fsp3) is 0.133. The quantitative estimate of drug-likeness (QED) is 0.882. The Morgan fingerprint density at radius 2 is 1.95 bits per heavy atom. The van der Waals surface area contributed by atoms with Crippen LogP contribution in [0.25, 0.3) is 0 Å². The maximum absolute atomic E-state index is 13.4. The molecule has 1 amide bonds. The van der Waals surface area contributed by atoms with Gasteiger partial charge in [0, 0.05) is 18.6 Å². The van der Waals surface area contributed by atoms with E-state index < -0.39 is 5.82 Å². The number of hydrogen-bond acceptors (Lipinski definition) is 2. The SMILES string of the molecule is CN(Cc1ccccc1Cl)C(=O)c1cccc(F)c1N. The lowest BCUT2D eigenvalue weighted by Gasteiger charge is -2.19. The minimum absolute atomic E-state index is 0.136. The Labute approximate surface area is 121 Å². The zero-order valence-electron chi connectivity index (χ0n) is 10.9. The maximum atomic E-state index is 13.4. The number of nitrogens with two attached hydrogens (primary N) is 1. The number of hydrogen-bond donors (Lipinski definition) is 1. The summed E-state index contributed by atoms with van der Waals surface area (Å²) in [7, 11) is 1.62. The third-order valence-electron chi connectivity index (χ3n) is 3.00. The van der Waals surface area contributed by atoms with E-state index in [-0.39, 0.29) is 17.2 Å². The number of amides is 1. The number of nitrogen functional groups attached to an aromatic ring is 1. The molecule has 0 fully saturated rings. The van der Waals surface area contributed by atoms with Crippen LogP contribution in [0.15, 0.2) is 42.5 Å². The molecular formula is C15H14ClFN2O. The van der Waals surface area contributed by atoms with Crippen LogP contribution in [0, 0.1) is 5.82 Å². The van der Waals surface area contributed by atoms with E-state index in [4.69, 9.17) is 17.3 Å². The second kappa shape index (κ2) is 5.92. The number of carbonyl (C=O) groups excluding carboxylic acids is 1. The van der Waals surface area contributed by atoms with Crippen molar-refractivity contribution in [3.8, 4) is 0 Å². The summed E-state index contributed by atoms with van der Waals surface area (Å²) in [5, 5.41) is 0.583. The zero-order chi connectivity index (χ0) is 14.7. The fourth-order valence-corrected chi connectivity index (χ4v) is 2.08. The van der Waals surface area contributed by atoms with Crippen LogP contribution in [0.2, 0.25) is 5.02 Å². The highest BCUT2D eigenvalue weighted by Crippen LogP contribution is 2.20. The molecule has 0 bridgehead atoms. The second-order valence-corrected chi connectivity index (χ2v) is 4.86. The van der Waals surface area contributed by atoms with E-state index in [1.54, 1.807) is 13.1 Å². The van der Waals surface area contributed by atoms with Gasteiger partial charge < -0.3 is 10.6 Å². The van der Waals surface area contributed by atoms with Crippen molar-refractivity contribution in [1.82, 2.24) is 4.90 Å². The van der Waals surface area contributed by atoms with Crippen molar-refractivity contribution in [2.75, 3.05) is 12.8 Å². The van der Waals surface area contributed by atoms with Crippen LogP contribution >= 0.6 is 11.6 Å². The number of halogens is 2. The summed E-state index contributed by atoms with van der Waals surface area (Å²) >= 11 is 6.05. The van der Waals surface area contributed by atoms with Crippen molar-refractivity contribution in [3.05, 3.63) is 64.4 Å². The van der Waals surface area contributed by atoms with Gasteiger partial charge in [0.2, 0.25) is 0 Å². The number of carbonyl (C=O) groups is 1. The van der Waals surface area contributed by atoms with E-state index in [9.17, 15) is 9.18 Å². The second-order valence-electron chi connectivity index (χ2n) is 4.45. The smallest absolute Gasteiger partial charge is 0.256 e. The molecule has 0 heterocycles. The standard InChI is InChI=1S/C15H14ClFN2O/c1-19(9-10-5-2-3-7-12(10)16)15(20)11-6-4-8-13(17)14(11)18/h2-8H,9,18H2,1H3. The van der Waals surface area contributed by atoms with E-state index in [1.165, 1.54) is 23.1 Å². The van der Waals surface area contributed by atoms with Crippen molar-refractivity contribution in [3.63, 3.8) is 0 Å². The van der Waals surface area contributed by atoms with Gasteiger partial charge in [-0.05, 0) is 23.8 Å². The molecule has 0 radical (unpaired) electrons. The predicted octanol–water partition coefficient (Wildman–Crippen LogP) is 3.33. The topological polar surface area (TPSA) is 46.3 Å². The fourth-order valence-electron chi connectivity index (χ4n) is 1.88. The number of benzene rings is 2. The van der Waals surface area contributed by atoms with Crippen LogP contribution in [0.3, 0.4) is 0 Å². The summed E-state index contributed by atoms with van der Waals surface area (Å²) in [4.78, 5) is 13.7. The first kappa shape index (κ1) is 14.3. The first-order valence-electron chi connectivity index (χ1n) is 6.03. The molecule has 20 heavy (non-hydrogen) atoms. The molecule has 2 rings (SSSR count). The molecule has 104 valence electrons. The van der Waals surface area contributed by atoms with Crippen LogP contribution in [0.4, 0.5) is 10.1 Å². The van der Waals surface area contributed by atoms with Crippen LogP contribution in [0.5, 0.6) is 0 Å². The Balaban J connectivity index is 2.21. The summed E-state index contributed by atoms with van der Waals surface area (Å²) in [6.07, 6.45) is 0. The highest BCUT2D eigenvalue weighted by molar-refractivity contribution is 6.31. The van der Waals surface area contributed by atoms with Crippen LogP contribution in [-0.4, -0.2) is 17.9 Å². The van der Waals surface area contributed by atoms with Gasteiger partial charge in [0.25, 0.3) is 5.91 Å². The molecule has 0 saturated heterocycles. The molecule has 3 nitrogen and oxygen atoms in total. The van der Waals surface area contributed by atoms with Gasteiger partial charge >= 0.3 is 0 Å². The Hall–Kier alpha value is -2.07. The molecule has 0 aliphatic rings. The van der Waals surface area contributed by atoms with Gasteiger partial charge in [0.1, 0.15) is 5.82 Å². The lowest BCUT2D eigenvalue weighted by atomic mass is 10.1. The normalized spacial score (nSPS) is 10.3. The molecule has 0 aromatic heterocycles. The molecule has 2 aromatic rings. The number of rotatable bonds is 3. The van der Waals surface area contributed by atoms with E-state index in [1.807, 2.05) is 18.2 Å². The molecule has 0 unspecified atom stereocenters. The molecule has 0 saturated carbocycles.